The van der Waals surface area contributed by atoms with Crippen LogP contribution in [0, 0.1) is 0 Å². The minimum atomic E-state index is -2.94. The van der Waals surface area contributed by atoms with E-state index in [0.717, 1.165) is 44.8 Å². The van der Waals surface area contributed by atoms with Crippen LogP contribution in [-0.4, -0.2) is 52.9 Å². The highest BCUT2D eigenvalue weighted by Crippen LogP contribution is 2.17. The Kier molecular flexibility index (Phi) is 9.54. The van der Waals surface area contributed by atoms with Crippen molar-refractivity contribution in [1.82, 2.24) is 39.9 Å². The first-order valence-corrected chi connectivity index (χ1v) is 18.4. The number of nitrogens with zero attached hydrogens (tertiary/aromatic N) is 6. The third-order valence-electron chi connectivity index (χ3n) is 8.78. The van der Waals surface area contributed by atoms with Gasteiger partial charge in [-0.3, -0.25) is 19.9 Å². The maximum absolute atomic E-state index is 4.63. The Morgan fingerprint density at radius 2 is 0.660 bits per heavy atom. The second kappa shape index (κ2) is 14.6. The lowest BCUT2D eigenvalue weighted by molar-refractivity contribution is 1.31. The Morgan fingerprint density at radius 3 is 0.900 bits per heavy atom. The van der Waals surface area contributed by atoms with Crippen LogP contribution < -0.4 is 17.7 Å². The van der Waals surface area contributed by atoms with Crippen molar-refractivity contribution in [3.63, 3.8) is 0 Å². The van der Waals surface area contributed by atoms with Crippen LogP contribution in [0.3, 0.4) is 0 Å². The van der Waals surface area contributed by atoms with Crippen molar-refractivity contribution in [1.29, 1.82) is 0 Å². The van der Waals surface area contributed by atoms with E-state index in [1.165, 1.54) is 17.7 Å². The minimum absolute atomic E-state index is 0. The summed E-state index contributed by atoms with van der Waals surface area (Å²) in [5.41, 5.74) is 7.86. The lowest BCUT2D eigenvalue weighted by Gasteiger charge is -2.39. The largest absolute Gasteiger partial charge is 0.355 e. The highest BCUT2D eigenvalue weighted by molar-refractivity contribution is 7.19. The monoisotopic (exact) mass is 685 g/mol. The number of fused-ring (bicyclic) bond motifs is 8. The summed E-state index contributed by atoms with van der Waals surface area (Å²) >= 11 is -2.94. The first-order valence-electron chi connectivity index (χ1n) is 16.0. The van der Waals surface area contributed by atoms with Gasteiger partial charge in [-0.2, -0.15) is 17.7 Å². The van der Waals surface area contributed by atoms with Crippen molar-refractivity contribution >= 4 is 89.6 Å². The molecule has 7 aromatic rings. The second-order valence-corrected chi connectivity index (χ2v) is 16.3. The summed E-state index contributed by atoms with van der Waals surface area (Å²) in [7, 11) is 0. The number of halogens is 1. The third kappa shape index (κ3) is 6.79. The van der Waals surface area contributed by atoms with Crippen molar-refractivity contribution < 1.29 is 0 Å². The Hall–Kier alpha value is -5.98. The molecular weight excluding hydrogens is 655 g/mol. The van der Waals surface area contributed by atoms with Crippen molar-refractivity contribution in [2.45, 2.75) is 0 Å². The van der Waals surface area contributed by atoms with Gasteiger partial charge in [0.05, 0.1) is 22.8 Å². The molecule has 0 aliphatic carbocycles. The molecular formula is C40H31AlClN8-. The average molecular weight is 686 g/mol. The molecule has 9 heterocycles. The van der Waals surface area contributed by atoms with E-state index >= 15 is 0 Å². The summed E-state index contributed by atoms with van der Waals surface area (Å²) in [4.78, 5) is 33.7. The molecule has 2 N–H and O–H groups in total. The van der Waals surface area contributed by atoms with Gasteiger partial charge in [-0.1, -0.05) is 0 Å². The fourth-order valence-corrected chi connectivity index (χ4v) is 11.8. The molecule has 0 spiro atoms. The average Bonchev–Trinajstić information content (AvgIpc) is 3.98. The number of nitrogens with one attached hydrogen (secondary N) is 2. The number of aromatic nitrogens is 8. The van der Waals surface area contributed by atoms with Gasteiger partial charge in [0, 0.05) is 46.9 Å². The van der Waals surface area contributed by atoms with Gasteiger partial charge in [0.25, 0.3) is 13.1 Å². The van der Waals surface area contributed by atoms with Gasteiger partial charge < -0.3 is 9.97 Å². The summed E-state index contributed by atoms with van der Waals surface area (Å²) in [5.74, 6) is 0. The zero-order valence-electron chi connectivity index (χ0n) is 26.8. The number of aromatic amines is 2. The molecule has 0 radical (unpaired) electrons. The van der Waals surface area contributed by atoms with E-state index in [9.17, 15) is 0 Å². The molecule has 8 bridgehead atoms. The van der Waals surface area contributed by atoms with Crippen LogP contribution in [0.2, 0.25) is 0 Å². The van der Waals surface area contributed by atoms with Gasteiger partial charge in [0.15, 0.2) is 0 Å². The van der Waals surface area contributed by atoms with E-state index in [0.29, 0.717) is 0 Å². The Bertz CT molecular complexity index is 2110. The minimum Gasteiger partial charge on any atom is -0.355 e. The molecule has 9 rings (SSSR count). The van der Waals surface area contributed by atoms with Crippen molar-refractivity contribution in [2.75, 3.05) is 0 Å². The van der Waals surface area contributed by atoms with Crippen LogP contribution in [0.25, 0.3) is 46.4 Å². The molecule has 0 aromatic carbocycles. The van der Waals surface area contributed by atoms with Crippen molar-refractivity contribution in [3.8, 4) is 0 Å². The normalized spacial score (nSPS) is 11.7. The smallest absolute Gasteiger partial charge is 0.274 e. The molecule has 10 heteroatoms. The molecule has 8 nitrogen and oxygen atoms in total. The van der Waals surface area contributed by atoms with Crippen LogP contribution in [0.1, 0.15) is 22.8 Å². The van der Waals surface area contributed by atoms with E-state index in [4.69, 9.17) is 0 Å². The van der Waals surface area contributed by atoms with E-state index in [1.54, 1.807) is 0 Å². The van der Waals surface area contributed by atoms with Gasteiger partial charge in [-0.15, -0.1) is 36.7 Å². The summed E-state index contributed by atoms with van der Waals surface area (Å²) in [5, 5.41) is 0. The molecule has 0 saturated heterocycles. The molecule has 0 fully saturated rings. The van der Waals surface area contributed by atoms with Crippen LogP contribution in [0.5, 0.6) is 0 Å². The molecule has 7 aromatic heterocycles. The highest BCUT2D eigenvalue weighted by Gasteiger charge is 2.37. The Morgan fingerprint density at radius 1 is 0.380 bits per heavy atom. The highest BCUT2D eigenvalue weighted by atomic mass is 35.5. The van der Waals surface area contributed by atoms with E-state index < -0.39 is 13.1 Å². The third-order valence-corrected chi connectivity index (χ3v) is 14.1. The van der Waals surface area contributed by atoms with Gasteiger partial charge >= 0.3 is 0 Å². The van der Waals surface area contributed by atoms with Crippen LogP contribution in [-0.2, 0) is 0 Å². The molecule has 0 amide bonds. The van der Waals surface area contributed by atoms with Gasteiger partial charge in [0.1, 0.15) is 0 Å². The van der Waals surface area contributed by atoms with E-state index in [-0.39, 0.29) is 12.4 Å². The maximum atomic E-state index is 4.63. The quantitative estimate of drug-likeness (QED) is 0.230. The SMILES string of the molecule is C1=Cc2cc3ccc(cc4nc(cc5ccc(cc1n2)[nH]5)C=C4)[nH]3.Cl.c1cnc[c]([Al-]([c]2cccnc2)([c]2cccnc2)[c]2cccnc2)c1. The molecule has 50 heavy (non-hydrogen) atoms. The van der Waals surface area contributed by atoms with E-state index in [2.05, 4.69) is 88.4 Å². The first kappa shape index (κ1) is 32.6. The fraction of sp³-hybridized carbons (Fsp3) is 0. The summed E-state index contributed by atoms with van der Waals surface area (Å²) < 4.78 is 4.85. The van der Waals surface area contributed by atoms with E-state index in [1.807, 2.05) is 122 Å². The first-order chi connectivity index (χ1) is 24.2. The summed E-state index contributed by atoms with van der Waals surface area (Å²) in [6, 6.07) is 33.0. The number of hydrogen-bond acceptors (Lipinski definition) is 6. The summed E-state index contributed by atoms with van der Waals surface area (Å²) in [6.07, 6.45) is 23.2. The zero-order valence-corrected chi connectivity index (χ0v) is 28.8. The molecule has 2 aliphatic heterocycles. The topological polar surface area (TPSA) is 109 Å². The van der Waals surface area contributed by atoms with Crippen LogP contribution in [0.15, 0.2) is 147 Å². The standard InChI is InChI=1S/C20H14N4.4C5H4N.Al.ClH/c1-2-14-10-16-5-6-18(23-16)12-20-8-7-19(24-20)11-17-4-3-15(22-17)9-13(1)21-14;4*1-2-4-6-5-3-1;;/h1-12,21,24H;4*1-2,4-5H;;1H/q;;;;;-1;. The zero-order chi connectivity index (χ0) is 32.9. The molecule has 0 unspecified atom stereocenters. The Balaban J connectivity index is 0.000000154. The Labute approximate surface area is 297 Å². The number of pyridine rings is 4. The van der Waals surface area contributed by atoms with Gasteiger partial charge in [0.2, 0.25) is 0 Å². The fourth-order valence-electron chi connectivity index (χ4n) is 6.63. The van der Waals surface area contributed by atoms with Crippen LogP contribution >= 0.6 is 12.4 Å². The number of rotatable bonds is 4. The second-order valence-electron chi connectivity index (χ2n) is 11.9. The van der Waals surface area contributed by atoms with Gasteiger partial charge in [-0.05, 0) is 122 Å². The maximum Gasteiger partial charge on any atom is 0.274 e. The number of H-pyrrole nitrogens is 2. The number of hydrogen-bond donors (Lipinski definition) is 2. The molecule has 2 aliphatic rings. The predicted molar refractivity (Wildman–Crippen MR) is 207 cm³/mol. The lowest BCUT2D eigenvalue weighted by atomic mass is 10.3. The predicted octanol–water partition coefficient (Wildman–Crippen LogP) is 5.72. The lowest BCUT2D eigenvalue weighted by Crippen LogP contribution is -2.75. The van der Waals surface area contributed by atoms with Gasteiger partial charge in [-0.25, -0.2) is 9.97 Å². The summed E-state index contributed by atoms with van der Waals surface area (Å²) in [6.45, 7) is 0. The van der Waals surface area contributed by atoms with Crippen LogP contribution in [0.4, 0.5) is 0 Å². The molecule has 0 saturated carbocycles. The molecule has 0 atom stereocenters. The molecule has 242 valence electrons. The van der Waals surface area contributed by atoms with Crippen molar-refractivity contribution in [2.24, 2.45) is 0 Å². The van der Waals surface area contributed by atoms with Crippen molar-refractivity contribution in [3.05, 3.63) is 169 Å².